The summed E-state index contributed by atoms with van der Waals surface area (Å²) in [6.07, 6.45) is 1.64. The molecule has 1 aliphatic heterocycles. The van der Waals surface area contributed by atoms with Gasteiger partial charge >= 0.3 is 6.01 Å². The average molecular weight is 368 g/mol. The Balaban J connectivity index is 1.44. The fourth-order valence-corrected chi connectivity index (χ4v) is 2.90. The van der Waals surface area contributed by atoms with Crippen LogP contribution in [-0.2, 0) is 4.79 Å². The Bertz CT molecular complexity index is 949. The van der Waals surface area contributed by atoms with E-state index in [4.69, 9.17) is 13.6 Å². The fourth-order valence-electron chi connectivity index (χ4n) is 2.90. The zero-order valence-corrected chi connectivity index (χ0v) is 14.4. The number of hydrogen-bond acceptors (Lipinski definition) is 7. The van der Waals surface area contributed by atoms with Crippen LogP contribution in [0, 0.1) is 0 Å². The third kappa shape index (κ3) is 3.39. The van der Waals surface area contributed by atoms with E-state index >= 15 is 0 Å². The van der Waals surface area contributed by atoms with Crippen molar-refractivity contribution in [2.45, 2.75) is 12.3 Å². The normalized spacial score (nSPS) is 16.6. The number of hydrogen-bond donors (Lipinski definition) is 1. The lowest BCUT2D eigenvalue weighted by atomic mass is 10.1. The molecule has 0 saturated carbocycles. The van der Waals surface area contributed by atoms with Gasteiger partial charge in [-0.3, -0.25) is 14.9 Å². The van der Waals surface area contributed by atoms with Gasteiger partial charge in [-0.05, 0) is 36.4 Å². The van der Waals surface area contributed by atoms with Crippen LogP contribution in [0.15, 0.2) is 51.5 Å². The Hall–Kier alpha value is -3.62. The molecule has 0 radical (unpaired) electrons. The number of benzene rings is 1. The molecule has 27 heavy (non-hydrogen) atoms. The van der Waals surface area contributed by atoms with Gasteiger partial charge in [0.2, 0.25) is 11.8 Å². The minimum absolute atomic E-state index is 0.0375. The minimum Gasteiger partial charge on any atom is -0.497 e. The highest BCUT2D eigenvalue weighted by Gasteiger charge is 2.35. The van der Waals surface area contributed by atoms with Gasteiger partial charge in [-0.15, -0.1) is 5.10 Å². The van der Waals surface area contributed by atoms with Gasteiger partial charge in [0.15, 0.2) is 5.76 Å². The number of methoxy groups -OCH3 is 1. The maximum absolute atomic E-state index is 12.4. The largest absolute Gasteiger partial charge is 0.497 e. The van der Waals surface area contributed by atoms with E-state index in [1.165, 1.54) is 12.3 Å². The number of amides is 2. The summed E-state index contributed by atoms with van der Waals surface area (Å²) >= 11 is 0. The van der Waals surface area contributed by atoms with Crippen molar-refractivity contribution in [1.82, 2.24) is 10.2 Å². The van der Waals surface area contributed by atoms with E-state index in [9.17, 15) is 9.59 Å². The second-order valence-electron chi connectivity index (χ2n) is 5.98. The molecule has 4 rings (SSSR count). The molecule has 9 nitrogen and oxygen atoms in total. The Morgan fingerprint density at radius 2 is 2.07 bits per heavy atom. The van der Waals surface area contributed by atoms with Crippen LogP contribution < -0.4 is 15.0 Å². The first kappa shape index (κ1) is 16.8. The molecule has 3 heterocycles. The number of rotatable bonds is 5. The molecule has 2 aromatic heterocycles. The molecule has 0 unspecified atom stereocenters. The Morgan fingerprint density at radius 3 is 2.78 bits per heavy atom. The second kappa shape index (κ2) is 6.94. The van der Waals surface area contributed by atoms with Gasteiger partial charge in [0, 0.05) is 18.7 Å². The molecule has 138 valence electrons. The number of anilines is 2. The smallest absolute Gasteiger partial charge is 0.322 e. The first-order valence-electron chi connectivity index (χ1n) is 8.26. The minimum atomic E-state index is -0.488. The van der Waals surface area contributed by atoms with Crippen LogP contribution in [0.1, 0.15) is 28.8 Å². The summed E-state index contributed by atoms with van der Waals surface area (Å²) < 4.78 is 15.6. The molecular weight excluding hydrogens is 352 g/mol. The van der Waals surface area contributed by atoms with Crippen molar-refractivity contribution < 1.29 is 23.2 Å². The van der Waals surface area contributed by atoms with Crippen molar-refractivity contribution >= 4 is 23.5 Å². The molecule has 0 bridgehead atoms. The van der Waals surface area contributed by atoms with E-state index in [0.29, 0.717) is 12.4 Å². The van der Waals surface area contributed by atoms with Gasteiger partial charge in [-0.25, -0.2) is 0 Å². The summed E-state index contributed by atoms with van der Waals surface area (Å²) in [7, 11) is 1.59. The number of aromatic nitrogens is 2. The van der Waals surface area contributed by atoms with E-state index in [-0.39, 0.29) is 30.0 Å². The topological polar surface area (TPSA) is 111 Å². The Labute approximate surface area is 153 Å². The van der Waals surface area contributed by atoms with Gasteiger partial charge in [-0.1, -0.05) is 5.10 Å². The summed E-state index contributed by atoms with van der Waals surface area (Å²) in [5.74, 6) is 0.379. The number of carbonyl (C=O) groups is 2. The molecule has 1 aliphatic rings. The molecule has 9 heteroatoms. The van der Waals surface area contributed by atoms with Crippen LogP contribution in [0.2, 0.25) is 0 Å². The van der Waals surface area contributed by atoms with E-state index in [2.05, 4.69) is 15.5 Å². The fraction of sp³-hybridized carbons (Fsp3) is 0.222. The molecule has 1 aromatic carbocycles. The molecule has 1 atom stereocenters. The van der Waals surface area contributed by atoms with Crippen molar-refractivity contribution in [3.05, 3.63) is 54.3 Å². The molecular formula is C18H16N4O5. The van der Waals surface area contributed by atoms with Crippen molar-refractivity contribution in [1.29, 1.82) is 0 Å². The molecule has 0 spiro atoms. The first-order valence-corrected chi connectivity index (χ1v) is 8.26. The van der Waals surface area contributed by atoms with Crippen LogP contribution in [0.25, 0.3) is 0 Å². The lowest BCUT2D eigenvalue weighted by Gasteiger charge is -2.16. The zero-order chi connectivity index (χ0) is 18.8. The summed E-state index contributed by atoms with van der Waals surface area (Å²) in [6.45, 7) is 0.416. The molecule has 1 saturated heterocycles. The van der Waals surface area contributed by atoms with Crippen molar-refractivity contribution in [3.8, 4) is 5.75 Å². The van der Waals surface area contributed by atoms with Gasteiger partial charge in [0.25, 0.3) is 5.91 Å². The van der Waals surface area contributed by atoms with E-state index in [0.717, 1.165) is 11.4 Å². The predicted octanol–water partition coefficient (Wildman–Crippen LogP) is 2.44. The first-order chi connectivity index (χ1) is 13.1. The highest BCUT2D eigenvalue weighted by atomic mass is 16.5. The van der Waals surface area contributed by atoms with Crippen LogP contribution in [-0.4, -0.2) is 35.7 Å². The van der Waals surface area contributed by atoms with Gasteiger partial charge in [0.1, 0.15) is 5.75 Å². The van der Waals surface area contributed by atoms with Crippen LogP contribution in [0.4, 0.5) is 11.7 Å². The van der Waals surface area contributed by atoms with Crippen molar-refractivity contribution in [2.75, 3.05) is 23.9 Å². The van der Waals surface area contributed by atoms with Crippen molar-refractivity contribution in [3.63, 3.8) is 0 Å². The predicted molar refractivity (Wildman–Crippen MR) is 93.7 cm³/mol. The Kier molecular flexibility index (Phi) is 4.33. The highest BCUT2D eigenvalue weighted by Crippen LogP contribution is 2.32. The monoisotopic (exact) mass is 368 g/mol. The van der Waals surface area contributed by atoms with E-state index in [1.54, 1.807) is 30.2 Å². The standard InChI is InChI=1S/C18H16N4O5/c1-25-13-6-4-12(5-7-13)22-10-11(9-15(22)23)17-20-21-18(27-17)19-16(24)14-3-2-8-26-14/h2-8,11H,9-10H2,1H3,(H,19,21,24)/t11-/m0/s1. The summed E-state index contributed by atoms with van der Waals surface area (Å²) in [5, 5.41) is 10.3. The van der Waals surface area contributed by atoms with Gasteiger partial charge in [0.05, 0.1) is 19.3 Å². The van der Waals surface area contributed by atoms with Crippen LogP contribution in [0.5, 0.6) is 5.75 Å². The summed E-state index contributed by atoms with van der Waals surface area (Å²) in [5.41, 5.74) is 0.772. The van der Waals surface area contributed by atoms with Gasteiger partial charge < -0.3 is 18.5 Å². The number of nitrogens with zero attached hydrogens (tertiary/aromatic N) is 3. The maximum atomic E-state index is 12.4. The molecule has 2 amide bonds. The molecule has 0 aliphatic carbocycles. The third-order valence-corrected chi connectivity index (χ3v) is 4.26. The van der Waals surface area contributed by atoms with Crippen LogP contribution in [0.3, 0.4) is 0 Å². The number of ether oxygens (including phenoxy) is 1. The zero-order valence-electron chi connectivity index (χ0n) is 14.4. The van der Waals surface area contributed by atoms with Crippen molar-refractivity contribution in [2.24, 2.45) is 0 Å². The summed E-state index contributed by atoms with van der Waals surface area (Å²) in [6, 6.07) is 10.3. The highest BCUT2D eigenvalue weighted by molar-refractivity contribution is 6.00. The third-order valence-electron chi connectivity index (χ3n) is 4.26. The van der Waals surface area contributed by atoms with E-state index < -0.39 is 5.91 Å². The Morgan fingerprint density at radius 1 is 1.26 bits per heavy atom. The average Bonchev–Trinajstić information content (AvgIpc) is 3.42. The van der Waals surface area contributed by atoms with E-state index in [1.807, 2.05) is 12.1 Å². The number of nitrogens with one attached hydrogen (secondary N) is 1. The molecule has 3 aromatic rings. The molecule has 1 N–H and O–H groups in total. The SMILES string of the molecule is COc1ccc(N2C[C@@H](c3nnc(NC(=O)c4ccco4)o3)CC2=O)cc1. The van der Waals surface area contributed by atoms with Gasteiger partial charge in [-0.2, -0.15) is 0 Å². The number of furan rings is 1. The lowest BCUT2D eigenvalue weighted by molar-refractivity contribution is -0.117. The van der Waals surface area contributed by atoms with Crippen LogP contribution >= 0.6 is 0 Å². The number of carbonyl (C=O) groups excluding carboxylic acids is 2. The lowest BCUT2D eigenvalue weighted by Crippen LogP contribution is -2.24. The maximum Gasteiger partial charge on any atom is 0.322 e. The summed E-state index contributed by atoms with van der Waals surface area (Å²) in [4.78, 5) is 26.0. The quantitative estimate of drug-likeness (QED) is 0.736. The second-order valence-corrected chi connectivity index (χ2v) is 5.98. The molecule has 1 fully saturated rings.